The van der Waals surface area contributed by atoms with E-state index in [1.807, 2.05) is 66.7 Å². The first-order valence-electron chi connectivity index (χ1n) is 8.47. The molecule has 0 saturated carbocycles. The molecule has 1 amide bonds. The molecule has 2 N–H and O–H groups in total. The molecule has 0 radical (unpaired) electrons. The van der Waals surface area contributed by atoms with Crippen molar-refractivity contribution in [1.82, 2.24) is 9.97 Å². The lowest BCUT2D eigenvalue weighted by Crippen LogP contribution is -2.14. The van der Waals surface area contributed by atoms with Crippen molar-refractivity contribution in [3.05, 3.63) is 78.9 Å². The number of benzene rings is 3. The summed E-state index contributed by atoms with van der Waals surface area (Å²) in [5, 5.41) is 3.76. The molecule has 0 unspecified atom stereocenters. The Morgan fingerprint density at radius 3 is 2.52 bits per heavy atom. The van der Waals surface area contributed by atoms with E-state index in [4.69, 9.17) is 0 Å². The van der Waals surface area contributed by atoms with Crippen LogP contribution in [0.3, 0.4) is 0 Å². The Kier molecular flexibility index (Phi) is 5.46. The van der Waals surface area contributed by atoms with Crippen LogP contribution in [0.4, 0.5) is 5.69 Å². The topological polar surface area (TPSA) is 57.8 Å². The van der Waals surface area contributed by atoms with Crippen LogP contribution in [0.2, 0.25) is 0 Å². The first-order chi connectivity index (χ1) is 13.3. The van der Waals surface area contributed by atoms with Crippen LogP contribution in [0.15, 0.2) is 93.8 Å². The van der Waals surface area contributed by atoms with Crippen LogP contribution in [0.1, 0.15) is 0 Å². The Labute approximate surface area is 165 Å². The van der Waals surface area contributed by atoms with Crippen molar-refractivity contribution < 1.29 is 4.79 Å². The molecule has 0 bridgehead atoms. The standard InChI is InChI=1S/C21H17N3OS2/c25-20(14-26-21-23-16-10-4-5-11-17(16)24-21)22-18-12-6-7-13-19(18)27-15-8-2-1-3-9-15/h1-13H,14H2,(H,22,25)(H,23,24). The van der Waals surface area contributed by atoms with Gasteiger partial charge in [0.1, 0.15) is 0 Å². The maximum atomic E-state index is 12.4. The number of para-hydroxylation sites is 3. The largest absolute Gasteiger partial charge is 0.333 e. The molecule has 0 saturated heterocycles. The summed E-state index contributed by atoms with van der Waals surface area (Å²) in [6, 6.07) is 25.8. The van der Waals surface area contributed by atoms with Gasteiger partial charge in [0.05, 0.1) is 22.5 Å². The van der Waals surface area contributed by atoms with Crippen LogP contribution in [0, 0.1) is 0 Å². The minimum atomic E-state index is -0.0541. The van der Waals surface area contributed by atoms with E-state index in [9.17, 15) is 4.79 Å². The molecule has 0 fully saturated rings. The monoisotopic (exact) mass is 391 g/mol. The Bertz CT molecular complexity index is 1030. The molecule has 27 heavy (non-hydrogen) atoms. The highest BCUT2D eigenvalue weighted by molar-refractivity contribution is 8.00. The van der Waals surface area contributed by atoms with Gasteiger partial charge >= 0.3 is 0 Å². The highest BCUT2D eigenvalue weighted by Crippen LogP contribution is 2.33. The van der Waals surface area contributed by atoms with Crippen molar-refractivity contribution in [2.75, 3.05) is 11.1 Å². The Morgan fingerprint density at radius 2 is 1.67 bits per heavy atom. The van der Waals surface area contributed by atoms with Crippen molar-refractivity contribution in [3.8, 4) is 0 Å². The summed E-state index contributed by atoms with van der Waals surface area (Å²) < 4.78 is 0. The number of hydrogen-bond acceptors (Lipinski definition) is 4. The van der Waals surface area contributed by atoms with E-state index >= 15 is 0 Å². The van der Waals surface area contributed by atoms with Gasteiger partial charge in [0.25, 0.3) is 0 Å². The second kappa shape index (κ2) is 8.33. The molecule has 4 nitrogen and oxygen atoms in total. The van der Waals surface area contributed by atoms with Crippen molar-refractivity contribution in [2.45, 2.75) is 14.9 Å². The molecule has 0 spiro atoms. The summed E-state index contributed by atoms with van der Waals surface area (Å²) in [4.78, 5) is 22.3. The van der Waals surface area contributed by atoms with E-state index in [1.165, 1.54) is 11.8 Å². The van der Waals surface area contributed by atoms with Crippen LogP contribution in [-0.2, 0) is 4.79 Å². The molecule has 3 aromatic carbocycles. The molecular weight excluding hydrogens is 374 g/mol. The average molecular weight is 392 g/mol. The first-order valence-corrected chi connectivity index (χ1v) is 10.3. The number of nitrogens with one attached hydrogen (secondary N) is 2. The molecule has 0 aliphatic carbocycles. The molecular formula is C21H17N3OS2. The number of H-pyrrole nitrogens is 1. The first kappa shape index (κ1) is 17.7. The Hall–Kier alpha value is -2.70. The second-order valence-electron chi connectivity index (χ2n) is 5.81. The minimum absolute atomic E-state index is 0.0541. The van der Waals surface area contributed by atoms with E-state index in [1.54, 1.807) is 11.8 Å². The number of aromatic nitrogens is 2. The molecule has 1 heterocycles. The lowest BCUT2D eigenvalue weighted by Gasteiger charge is -2.10. The number of carbonyl (C=O) groups excluding carboxylic acids is 1. The van der Waals surface area contributed by atoms with Crippen molar-refractivity contribution in [3.63, 3.8) is 0 Å². The predicted octanol–water partition coefficient (Wildman–Crippen LogP) is 5.44. The van der Waals surface area contributed by atoms with Crippen LogP contribution >= 0.6 is 23.5 Å². The zero-order chi connectivity index (χ0) is 18.5. The van der Waals surface area contributed by atoms with Crippen LogP contribution in [0.5, 0.6) is 0 Å². The van der Waals surface area contributed by atoms with Gasteiger partial charge in [-0.25, -0.2) is 4.98 Å². The fourth-order valence-corrected chi connectivity index (χ4v) is 4.20. The number of aromatic amines is 1. The summed E-state index contributed by atoms with van der Waals surface area (Å²) in [6.45, 7) is 0. The second-order valence-corrected chi connectivity index (χ2v) is 7.89. The third kappa shape index (κ3) is 4.53. The fraction of sp³-hybridized carbons (Fsp3) is 0.0476. The molecule has 6 heteroatoms. The highest BCUT2D eigenvalue weighted by Gasteiger charge is 2.10. The number of amides is 1. The smallest absolute Gasteiger partial charge is 0.234 e. The Morgan fingerprint density at radius 1 is 0.926 bits per heavy atom. The van der Waals surface area contributed by atoms with Crippen molar-refractivity contribution in [2.24, 2.45) is 0 Å². The van der Waals surface area contributed by atoms with Gasteiger partial charge in [0, 0.05) is 9.79 Å². The number of fused-ring (bicyclic) bond motifs is 1. The van der Waals surface area contributed by atoms with Crippen LogP contribution in [-0.4, -0.2) is 21.6 Å². The third-order valence-electron chi connectivity index (χ3n) is 3.84. The van der Waals surface area contributed by atoms with E-state index in [0.29, 0.717) is 5.75 Å². The number of anilines is 1. The summed E-state index contributed by atoms with van der Waals surface area (Å²) in [5.41, 5.74) is 2.71. The van der Waals surface area contributed by atoms with Gasteiger partial charge in [-0.1, -0.05) is 66.0 Å². The number of rotatable bonds is 6. The van der Waals surface area contributed by atoms with E-state index < -0.39 is 0 Å². The Balaban J connectivity index is 1.40. The molecule has 4 aromatic rings. The average Bonchev–Trinajstić information content (AvgIpc) is 3.12. The van der Waals surface area contributed by atoms with Gasteiger partial charge in [-0.05, 0) is 36.4 Å². The zero-order valence-corrected chi connectivity index (χ0v) is 16.0. The summed E-state index contributed by atoms with van der Waals surface area (Å²) in [5.74, 6) is 0.242. The molecule has 0 aliphatic heterocycles. The number of imidazole rings is 1. The molecule has 0 atom stereocenters. The quantitative estimate of drug-likeness (QED) is 0.429. The normalized spacial score (nSPS) is 10.8. The van der Waals surface area contributed by atoms with Crippen molar-refractivity contribution >= 4 is 46.2 Å². The van der Waals surface area contributed by atoms with Gasteiger partial charge in [-0.2, -0.15) is 0 Å². The van der Waals surface area contributed by atoms with Gasteiger partial charge in [-0.3, -0.25) is 4.79 Å². The highest BCUT2D eigenvalue weighted by atomic mass is 32.2. The van der Waals surface area contributed by atoms with Gasteiger partial charge in [0.15, 0.2) is 5.16 Å². The lowest BCUT2D eigenvalue weighted by atomic mass is 10.3. The summed E-state index contributed by atoms with van der Waals surface area (Å²) in [7, 11) is 0. The molecule has 4 rings (SSSR count). The third-order valence-corrected chi connectivity index (χ3v) is 5.80. The van der Waals surface area contributed by atoms with Crippen molar-refractivity contribution in [1.29, 1.82) is 0 Å². The number of nitrogens with zero attached hydrogens (tertiary/aromatic N) is 1. The SMILES string of the molecule is O=C(CSc1nc2ccccc2[nH]1)Nc1ccccc1Sc1ccccc1. The van der Waals surface area contributed by atoms with Gasteiger partial charge in [0.2, 0.25) is 5.91 Å². The number of hydrogen-bond donors (Lipinski definition) is 2. The maximum absolute atomic E-state index is 12.4. The zero-order valence-electron chi connectivity index (χ0n) is 14.4. The van der Waals surface area contributed by atoms with E-state index in [-0.39, 0.29) is 5.91 Å². The van der Waals surface area contributed by atoms with Crippen LogP contribution < -0.4 is 5.32 Å². The van der Waals surface area contributed by atoms with Gasteiger partial charge in [-0.15, -0.1) is 0 Å². The molecule has 134 valence electrons. The molecule has 0 aliphatic rings. The summed E-state index contributed by atoms with van der Waals surface area (Å²) in [6.07, 6.45) is 0. The number of carbonyl (C=O) groups is 1. The lowest BCUT2D eigenvalue weighted by molar-refractivity contribution is -0.113. The summed E-state index contributed by atoms with van der Waals surface area (Å²) >= 11 is 3.03. The van der Waals surface area contributed by atoms with E-state index in [0.717, 1.165) is 31.7 Å². The van der Waals surface area contributed by atoms with Gasteiger partial charge < -0.3 is 10.3 Å². The molecule has 1 aromatic heterocycles. The minimum Gasteiger partial charge on any atom is -0.333 e. The fourth-order valence-electron chi connectivity index (χ4n) is 2.59. The maximum Gasteiger partial charge on any atom is 0.234 e. The van der Waals surface area contributed by atoms with E-state index in [2.05, 4.69) is 27.4 Å². The van der Waals surface area contributed by atoms with Crippen LogP contribution in [0.25, 0.3) is 11.0 Å². The number of thioether (sulfide) groups is 1. The predicted molar refractivity (Wildman–Crippen MR) is 112 cm³/mol.